The number of hydrogen-bond acceptors (Lipinski definition) is 4. The summed E-state index contributed by atoms with van der Waals surface area (Å²) in [6, 6.07) is 0. The molecule has 1 amide bonds. The van der Waals surface area contributed by atoms with E-state index in [1.807, 2.05) is 6.92 Å². The smallest absolute Gasteiger partial charge is 0.273 e. The van der Waals surface area contributed by atoms with Crippen LogP contribution in [0.5, 0.6) is 0 Å². The molecule has 76 valence electrons. The molecule has 0 saturated carbocycles. The number of nitrogens with two attached hydrogens (primary N) is 1. The average molecular weight is 211 g/mol. The van der Waals surface area contributed by atoms with E-state index in [1.54, 1.807) is 17.3 Å². The highest BCUT2D eigenvalue weighted by molar-refractivity contribution is 7.13. The molecule has 4 nitrogen and oxygen atoms in total. The lowest BCUT2D eigenvalue weighted by molar-refractivity contribution is 0.0802. The van der Waals surface area contributed by atoms with Gasteiger partial charge in [0.15, 0.2) is 5.13 Å². The molecule has 0 atom stereocenters. The van der Waals surface area contributed by atoms with Crippen molar-refractivity contribution >= 4 is 22.4 Å². The van der Waals surface area contributed by atoms with Gasteiger partial charge in [0, 0.05) is 19.0 Å². The van der Waals surface area contributed by atoms with E-state index in [9.17, 15) is 4.79 Å². The zero-order valence-corrected chi connectivity index (χ0v) is 9.10. The Balaban J connectivity index is 2.70. The predicted molar refractivity (Wildman–Crippen MR) is 58.3 cm³/mol. The van der Waals surface area contributed by atoms with Gasteiger partial charge in [0.2, 0.25) is 0 Å². The maximum Gasteiger partial charge on any atom is 0.273 e. The van der Waals surface area contributed by atoms with E-state index in [4.69, 9.17) is 5.73 Å². The second-order valence-corrected chi connectivity index (χ2v) is 4.08. The normalized spacial score (nSPS) is 9.86. The lowest BCUT2D eigenvalue weighted by Crippen LogP contribution is -2.28. The summed E-state index contributed by atoms with van der Waals surface area (Å²) >= 11 is 1.27. The van der Waals surface area contributed by atoms with Gasteiger partial charge in [-0.05, 0) is 6.92 Å². The lowest BCUT2D eigenvalue weighted by Gasteiger charge is -2.15. The van der Waals surface area contributed by atoms with Gasteiger partial charge in [-0.3, -0.25) is 4.79 Å². The summed E-state index contributed by atoms with van der Waals surface area (Å²) in [5, 5.41) is 2.07. The van der Waals surface area contributed by atoms with Crippen molar-refractivity contribution in [3.8, 4) is 0 Å². The quantitative estimate of drug-likeness (QED) is 0.768. The van der Waals surface area contributed by atoms with E-state index in [0.29, 0.717) is 17.4 Å². The van der Waals surface area contributed by atoms with Gasteiger partial charge in [0.25, 0.3) is 5.91 Å². The highest BCUT2D eigenvalue weighted by atomic mass is 32.1. The van der Waals surface area contributed by atoms with Crippen molar-refractivity contribution in [2.24, 2.45) is 0 Å². The number of carbonyl (C=O) groups is 1. The number of carbonyl (C=O) groups excluding carboxylic acids is 1. The zero-order chi connectivity index (χ0) is 10.7. The van der Waals surface area contributed by atoms with E-state index in [0.717, 1.165) is 5.57 Å². The standard InChI is InChI=1S/C9H13N3OS/c1-6(2)4-12(3)8(13)7-5-14-9(10)11-7/h5H,1,4H2,2-3H3,(H2,10,11). The number of hydrogen-bond donors (Lipinski definition) is 1. The topological polar surface area (TPSA) is 59.2 Å². The molecule has 0 unspecified atom stereocenters. The Labute approximate surface area is 87.1 Å². The lowest BCUT2D eigenvalue weighted by atomic mass is 10.3. The summed E-state index contributed by atoms with van der Waals surface area (Å²) in [4.78, 5) is 17.1. The van der Waals surface area contributed by atoms with Crippen LogP contribution < -0.4 is 5.73 Å². The predicted octanol–water partition coefficient (Wildman–Crippen LogP) is 1.37. The molecule has 1 rings (SSSR count). The Bertz CT molecular complexity index is 359. The number of anilines is 1. The number of likely N-dealkylation sites (N-methyl/N-ethyl adjacent to an activating group) is 1. The van der Waals surface area contributed by atoms with Crippen molar-refractivity contribution in [1.29, 1.82) is 0 Å². The summed E-state index contributed by atoms with van der Waals surface area (Å²) in [5.41, 5.74) is 6.77. The Morgan fingerprint density at radius 3 is 2.86 bits per heavy atom. The molecule has 1 heterocycles. The Kier molecular flexibility index (Phi) is 3.24. The van der Waals surface area contributed by atoms with Crippen LogP contribution in [0.4, 0.5) is 5.13 Å². The molecule has 0 spiro atoms. The molecular weight excluding hydrogens is 198 g/mol. The second kappa shape index (κ2) is 4.23. The van der Waals surface area contributed by atoms with Crippen LogP contribution in [0, 0.1) is 0 Å². The molecule has 0 aliphatic rings. The third-order valence-electron chi connectivity index (χ3n) is 1.59. The van der Waals surface area contributed by atoms with Crippen molar-refractivity contribution in [1.82, 2.24) is 9.88 Å². The molecule has 14 heavy (non-hydrogen) atoms. The molecule has 0 radical (unpaired) electrons. The molecule has 0 aromatic carbocycles. The monoisotopic (exact) mass is 211 g/mol. The molecular formula is C9H13N3OS. The van der Waals surface area contributed by atoms with Crippen molar-refractivity contribution < 1.29 is 4.79 Å². The Hall–Kier alpha value is -1.36. The van der Waals surface area contributed by atoms with Crippen LogP contribution in [0.1, 0.15) is 17.4 Å². The molecule has 2 N–H and O–H groups in total. The minimum Gasteiger partial charge on any atom is -0.375 e. The largest absolute Gasteiger partial charge is 0.375 e. The third-order valence-corrected chi connectivity index (χ3v) is 2.27. The first-order valence-electron chi connectivity index (χ1n) is 4.11. The van der Waals surface area contributed by atoms with Gasteiger partial charge in [0.05, 0.1) is 0 Å². The van der Waals surface area contributed by atoms with E-state index in [1.165, 1.54) is 11.3 Å². The van der Waals surface area contributed by atoms with Crippen LogP contribution in [-0.4, -0.2) is 29.4 Å². The number of nitrogen functional groups attached to an aromatic ring is 1. The molecule has 5 heteroatoms. The number of aromatic nitrogens is 1. The van der Waals surface area contributed by atoms with E-state index in [2.05, 4.69) is 11.6 Å². The Morgan fingerprint density at radius 1 is 1.79 bits per heavy atom. The molecule has 0 bridgehead atoms. The van der Waals surface area contributed by atoms with Crippen LogP contribution >= 0.6 is 11.3 Å². The van der Waals surface area contributed by atoms with Gasteiger partial charge in [-0.15, -0.1) is 11.3 Å². The van der Waals surface area contributed by atoms with Crippen molar-refractivity contribution in [3.63, 3.8) is 0 Å². The maximum absolute atomic E-state index is 11.7. The van der Waals surface area contributed by atoms with E-state index in [-0.39, 0.29) is 5.91 Å². The maximum atomic E-state index is 11.7. The first kappa shape index (κ1) is 10.7. The van der Waals surface area contributed by atoms with Crippen molar-refractivity contribution in [3.05, 3.63) is 23.2 Å². The molecule has 0 aliphatic carbocycles. The fourth-order valence-corrected chi connectivity index (χ4v) is 1.60. The summed E-state index contributed by atoms with van der Waals surface area (Å²) in [6.45, 7) is 6.15. The summed E-state index contributed by atoms with van der Waals surface area (Å²) in [5.74, 6) is -0.124. The van der Waals surface area contributed by atoms with Gasteiger partial charge in [-0.1, -0.05) is 12.2 Å². The van der Waals surface area contributed by atoms with Gasteiger partial charge in [-0.2, -0.15) is 0 Å². The van der Waals surface area contributed by atoms with Gasteiger partial charge < -0.3 is 10.6 Å². The van der Waals surface area contributed by atoms with Crippen molar-refractivity contribution in [2.75, 3.05) is 19.3 Å². The molecule has 0 fully saturated rings. The van der Waals surface area contributed by atoms with E-state index < -0.39 is 0 Å². The summed E-state index contributed by atoms with van der Waals surface area (Å²) < 4.78 is 0. The highest BCUT2D eigenvalue weighted by Crippen LogP contribution is 2.12. The minimum atomic E-state index is -0.124. The number of thiazole rings is 1. The molecule has 1 aromatic heterocycles. The van der Waals surface area contributed by atoms with Crippen LogP contribution in [0.3, 0.4) is 0 Å². The minimum absolute atomic E-state index is 0.124. The fraction of sp³-hybridized carbons (Fsp3) is 0.333. The van der Waals surface area contributed by atoms with Crippen LogP contribution in [0.15, 0.2) is 17.5 Å². The summed E-state index contributed by atoms with van der Waals surface area (Å²) in [7, 11) is 1.71. The van der Waals surface area contributed by atoms with Gasteiger partial charge in [-0.25, -0.2) is 4.98 Å². The number of rotatable bonds is 3. The van der Waals surface area contributed by atoms with Gasteiger partial charge >= 0.3 is 0 Å². The van der Waals surface area contributed by atoms with Crippen LogP contribution in [0.2, 0.25) is 0 Å². The number of nitrogens with zero attached hydrogens (tertiary/aromatic N) is 2. The number of amides is 1. The van der Waals surface area contributed by atoms with E-state index >= 15 is 0 Å². The van der Waals surface area contributed by atoms with Crippen LogP contribution in [0.25, 0.3) is 0 Å². The average Bonchev–Trinajstić information content (AvgIpc) is 2.49. The first-order valence-corrected chi connectivity index (χ1v) is 4.99. The first-order chi connectivity index (χ1) is 6.50. The third kappa shape index (κ3) is 2.56. The molecule has 0 saturated heterocycles. The SMILES string of the molecule is C=C(C)CN(C)C(=O)c1csc(N)n1. The van der Waals surface area contributed by atoms with Gasteiger partial charge in [0.1, 0.15) is 5.69 Å². The van der Waals surface area contributed by atoms with Crippen LogP contribution in [-0.2, 0) is 0 Å². The Morgan fingerprint density at radius 2 is 2.43 bits per heavy atom. The fourth-order valence-electron chi connectivity index (χ4n) is 1.06. The molecule has 1 aromatic rings. The molecule has 0 aliphatic heterocycles. The highest BCUT2D eigenvalue weighted by Gasteiger charge is 2.14. The summed E-state index contributed by atoms with van der Waals surface area (Å²) in [6.07, 6.45) is 0. The van der Waals surface area contributed by atoms with Crippen molar-refractivity contribution in [2.45, 2.75) is 6.92 Å². The second-order valence-electron chi connectivity index (χ2n) is 3.19. The zero-order valence-electron chi connectivity index (χ0n) is 8.28.